The fourth-order valence-corrected chi connectivity index (χ4v) is 5.96. The second kappa shape index (κ2) is 7.39. The summed E-state index contributed by atoms with van der Waals surface area (Å²) >= 11 is 0. The molecule has 0 spiro atoms. The first-order valence-electron chi connectivity index (χ1n) is 8.09. The van der Waals surface area contributed by atoms with Crippen molar-refractivity contribution in [1.29, 1.82) is 0 Å². The van der Waals surface area contributed by atoms with Crippen molar-refractivity contribution >= 4 is 26.0 Å². The maximum Gasteiger partial charge on any atom is 0.323 e. The molecule has 1 N–H and O–H groups in total. The number of carboxylic acid groups (broad SMARTS) is 1. The van der Waals surface area contributed by atoms with Gasteiger partial charge in [0.25, 0.3) is 0 Å². The number of benzene rings is 2. The summed E-state index contributed by atoms with van der Waals surface area (Å²) in [5.41, 5.74) is 0. The first-order valence-corrected chi connectivity index (χ1v) is 11.0. The summed E-state index contributed by atoms with van der Waals surface area (Å²) in [7, 11) is -7.97. The third-order valence-corrected chi connectivity index (χ3v) is 8.11. The van der Waals surface area contributed by atoms with Crippen molar-refractivity contribution in [3.05, 3.63) is 60.7 Å². The zero-order valence-corrected chi connectivity index (χ0v) is 15.8. The number of hydrogen-bond donors (Lipinski definition) is 1. The van der Waals surface area contributed by atoms with Gasteiger partial charge in [-0.25, -0.2) is 16.8 Å². The van der Waals surface area contributed by atoms with E-state index in [0.717, 1.165) is 8.61 Å². The molecule has 1 aliphatic heterocycles. The van der Waals surface area contributed by atoms with Crippen molar-refractivity contribution in [2.45, 2.75) is 15.8 Å². The number of rotatable bonds is 5. The maximum atomic E-state index is 12.8. The van der Waals surface area contributed by atoms with Gasteiger partial charge in [0, 0.05) is 19.6 Å². The Kier molecular flexibility index (Phi) is 5.33. The minimum Gasteiger partial charge on any atom is -0.480 e. The summed E-state index contributed by atoms with van der Waals surface area (Å²) in [6, 6.07) is 13.6. The van der Waals surface area contributed by atoms with Gasteiger partial charge < -0.3 is 5.11 Å². The molecule has 3 rings (SSSR count). The van der Waals surface area contributed by atoms with Gasteiger partial charge >= 0.3 is 5.97 Å². The van der Waals surface area contributed by atoms with E-state index in [-0.39, 0.29) is 22.9 Å². The quantitative estimate of drug-likeness (QED) is 0.782. The topological polar surface area (TPSA) is 112 Å². The van der Waals surface area contributed by atoms with E-state index in [1.165, 1.54) is 24.3 Å². The molecule has 1 unspecified atom stereocenters. The molecule has 0 amide bonds. The molecule has 2 aromatic carbocycles. The number of carboxylic acids is 1. The molecule has 0 aliphatic carbocycles. The van der Waals surface area contributed by atoms with Gasteiger partial charge in [-0.1, -0.05) is 36.4 Å². The first-order chi connectivity index (χ1) is 12.7. The minimum atomic E-state index is -4.06. The molecular formula is C17H18N2O6S2. The molecule has 10 heteroatoms. The summed E-state index contributed by atoms with van der Waals surface area (Å²) in [6.07, 6.45) is 0. The van der Waals surface area contributed by atoms with Crippen LogP contribution in [-0.2, 0) is 24.8 Å². The Morgan fingerprint density at radius 1 is 0.815 bits per heavy atom. The lowest BCUT2D eigenvalue weighted by Gasteiger charge is -2.37. The first kappa shape index (κ1) is 19.5. The van der Waals surface area contributed by atoms with Crippen LogP contribution in [0, 0.1) is 0 Å². The lowest BCUT2D eigenvalue weighted by atomic mass is 10.2. The van der Waals surface area contributed by atoms with Crippen molar-refractivity contribution in [2.75, 3.05) is 19.6 Å². The van der Waals surface area contributed by atoms with E-state index in [1.807, 2.05) is 0 Å². The Balaban J connectivity index is 1.92. The zero-order chi connectivity index (χ0) is 19.7. The Labute approximate surface area is 157 Å². The van der Waals surface area contributed by atoms with Crippen molar-refractivity contribution in [1.82, 2.24) is 8.61 Å². The summed E-state index contributed by atoms with van der Waals surface area (Å²) in [6.45, 7) is -0.841. The molecule has 1 fully saturated rings. The van der Waals surface area contributed by atoms with Crippen LogP contribution in [0.1, 0.15) is 0 Å². The summed E-state index contributed by atoms with van der Waals surface area (Å²) in [5.74, 6) is -1.40. The highest BCUT2D eigenvalue weighted by Gasteiger charge is 2.43. The summed E-state index contributed by atoms with van der Waals surface area (Å²) < 4.78 is 53.0. The number of hydrogen-bond acceptors (Lipinski definition) is 5. The van der Waals surface area contributed by atoms with Gasteiger partial charge in [0.15, 0.2) is 0 Å². The van der Waals surface area contributed by atoms with Gasteiger partial charge in [0.1, 0.15) is 6.04 Å². The number of nitrogens with zero attached hydrogens (tertiary/aromatic N) is 2. The highest BCUT2D eigenvalue weighted by atomic mass is 32.2. The van der Waals surface area contributed by atoms with Gasteiger partial charge in [-0.05, 0) is 24.3 Å². The van der Waals surface area contributed by atoms with Crippen LogP contribution in [0.15, 0.2) is 70.5 Å². The van der Waals surface area contributed by atoms with Crippen LogP contribution >= 0.6 is 0 Å². The number of piperazine rings is 1. The van der Waals surface area contributed by atoms with E-state index in [2.05, 4.69) is 0 Å². The molecule has 1 atom stereocenters. The van der Waals surface area contributed by atoms with Crippen molar-refractivity contribution in [3.8, 4) is 0 Å². The second-order valence-corrected chi connectivity index (χ2v) is 9.79. The highest BCUT2D eigenvalue weighted by Crippen LogP contribution is 2.25. The number of sulfonamides is 2. The van der Waals surface area contributed by atoms with E-state index in [1.54, 1.807) is 36.4 Å². The molecule has 1 aliphatic rings. The predicted octanol–water partition coefficient (Wildman–Crippen LogP) is 0.835. The average Bonchev–Trinajstić information content (AvgIpc) is 2.68. The maximum absolute atomic E-state index is 12.8. The Bertz CT molecular complexity index is 1020. The van der Waals surface area contributed by atoms with Crippen LogP contribution in [0.5, 0.6) is 0 Å². The molecule has 144 valence electrons. The van der Waals surface area contributed by atoms with Crippen molar-refractivity contribution in [2.24, 2.45) is 0 Å². The number of carbonyl (C=O) groups is 1. The average molecular weight is 410 g/mol. The fourth-order valence-electron chi connectivity index (χ4n) is 2.92. The van der Waals surface area contributed by atoms with E-state index in [0.29, 0.717) is 0 Å². The largest absolute Gasteiger partial charge is 0.480 e. The van der Waals surface area contributed by atoms with Gasteiger partial charge in [0.05, 0.1) is 9.79 Å². The standard InChI is InChI=1S/C17H18N2O6S2/c20-17(21)16-13-18(26(22,23)14-7-3-1-4-8-14)11-12-19(16)27(24,25)15-9-5-2-6-10-15/h1-10,16H,11-13H2,(H,20,21). The van der Waals surface area contributed by atoms with E-state index >= 15 is 0 Å². The van der Waals surface area contributed by atoms with Gasteiger partial charge in [-0.15, -0.1) is 0 Å². The molecule has 2 aromatic rings. The van der Waals surface area contributed by atoms with Crippen molar-refractivity contribution in [3.63, 3.8) is 0 Å². The van der Waals surface area contributed by atoms with Gasteiger partial charge in [-0.2, -0.15) is 8.61 Å². The lowest BCUT2D eigenvalue weighted by molar-refractivity contribution is -0.142. The van der Waals surface area contributed by atoms with Crippen LogP contribution < -0.4 is 0 Å². The number of aliphatic carboxylic acids is 1. The smallest absolute Gasteiger partial charge is 0.323 e. The van der Waals surface area contributed by atoms with Crippen LogP contribution in [-0.4, -0.2) is 62.2 Å². The molecule has 1 heterocycles. The van der Waals surface area contributed by atoms with E-state index in [9.17, 15) is 26.7 Å². The molecule has 1 saturated heterocycles. The van der Waals surface area contributed by atoms with Crippen LogP contribution in [0.4, 0.5) is 0 Å². The fraction of sp³-hybridized carbons (Fsp3) is 0.235. The third kappa shape index (κ3) is 3.74. The van der Waals surface area contributed by atoms with Gasteiger partial charge in [0.2, 0.25) is 20.0 Å². The van der Waals surface area contributed by atoms with Crippen molar-refractivity contribution < 1.29 is 26.7 Å². The predicted molar refractivity (Wildman–Crippen MR) is 97.0 cm³/mol. The third-order valence-electron chi connectivity index (χ3n) is 4.31. The van der Waals surface area contributed by atoms with E-state index < -0.39 is 38.6 Å². The molecule has 8 nitrogen and oxygen atoms in total. The lowest BCUT2D eigenvalue weighted by Crippen LogP contribution is -2.59. The summed E-state index contributed by atoms with van der Waals surface area (Å²) in [4.78, 5) is 11.7. The normalized spacial score (nSPS) is 19.6. The second-order valence-electron chi connectivity index (χ2n) is 5.96. The minimum absolute atomic E-state index is 0.0318. The molecule has 0 saturated carbocycles. The molecule has 0 radical (unpaired) electrons. The Hall–Kier alpha value is -2.27. The van der Waals surface area contributed by atoms with Gasteiger partial charge in [-0.3, -0.25) is 4.79 Å². The highest BCUT2D eigenvalue weighted by molar-refractivity contribution is 7.89. The Morgan fingerprint density at radius 2 is 1.30 bits per heavy atom. The summed E-state index contributed by atoms with van der Waals surface area (Å²) in [5, 5.41) is 9.55. The molecular weight excluding hydrogens is 392 g/mol. The molecule has 27 heavy (non-hydrogen) atoms. The zero-order valence-electron chi connectivity index (χ0n) is 14.2. The molecule has 0 aromatic heterocycles. The SMILES string of the molecule is O=C(O)C1CN(S(=O)(=O)c2ccccc2)CCN1S(=O)(=O)c1ccccc1. The van der Waals surface area contributed by atoms with Crippen LogP contribution in [0.25, 0.3) is 0 Å². The Morgan fingerprint density at radius 3 is 1.78 bits per heavy atom. The molecule has 0 bridgehead atoms. The van der Waals surface area contributed by atoms with Crippen LogP contribution in [0.2, 0.25) is 0 Å². The van der Waals surface area contributed by atoms with E-state index in [4.69, 9.17) is 0 Å². The monoisotopic (exact) mass is 410 g/mol. The van der Waals surface area contributed by atoms with Crippen LogP contribution in [0.3, 0.4) is 0 Å².